The van der Waals surface area contributed by atoms with Crippen LogP contribution in [-0.2, 0) is 11.8 Å². The van der Waals surface area contributed by atoms with Crippen molar-refractivity contribution >= 4 is 28.2 Å². The molecule has 3 aromatic rings. The first-order chi connectivity index (χ1) is 14.5. The minimum Gasteiger partial charge on any atom is -0.370 e. The highest BCUT2D eigenvalue weighted by Gasteiger charge is 2.28. The van der Waals surface area contributed by atoms with Gasteiger partial charge in [-0.15, -0.1) is 0 Å². The summed E-state index contributed by atoms with van der Waals surface area (Å²) < 4.78 is 14.5. The highest BCUT2D eigenvalue weighted by Crippen LogP contribution is 2.32. The van der Waals surface area contributed by atoms with Crippen molar-refractivity contribution in [1.82, 2.24) is 4.57 Å². The van der Waals surface area contributed by atoms with Gasteiger partial charge in [0.15, 0.2) is 0 Å². The number of nitriles is 1. The number of rotatable bonds is 3. The standard InChI is InChI=1S/C23H21FN4O2/c1-27-20-5-3-2-4-18(20)21(19(14-25)23(27)30)28-12-10-15(11-13-28)22(29)26-17-8-6-16(24)7-9-17/h2-9,15H,10-13H2,1H3,(H,26,29). The van der Waals surface area contributed by atoms with Crippen LogP contribution in [0.2, 0.25) is 0 Å². The molecule has 2 aromatic carbocycles. The van der Waals surface area contributed by atoms with Gasteiger partial charge in [-0.05, 0) is 43.2 Å². The molecule has 6 nitrogen and oxygen atoms in total. The number of amides is 1. The number of hydrogen-bond donors (Lipinski definition) is 1. The van der Waals surface area contributed by atoms with Crippen molar-refractivity contribution in [2.45, 2.75) is 12.8 Å². The maximum atomic E-state index is 13.0. The molecule has 1 aliphatic rings. The van der Waals surface area contributed by atoms with Crippen LogP contribution in [0.15, 0.2) is 53.3 Å². The van der Waals surface area contributed by atoms with E-state index in [2.05, 4.69) is 11.4 Å². The highest BCUT2D eigenvalue weighted by molar-refractivity contribution is 5.95. The van der Waals surface area contributed by atoms with Crippen molar-refractivity contribution in [3.63, 3.8) is 0 Å². The van der Waals surface area contributed by atoms with Crippen molar-refractivity contribution in [2.24, 2.45) is 13.0 Å². The van der Waals surface area contributed by atoms with Gasteiger partial charge in [0.05, 0.1) is 11.2 Å². The third-order valence-electron chi connectivity index (χ3n) is 5.68. The van der Waals surface area contributed by atoms with Crippen LogP contribution in [0.1, 0.15) is 18.4 Å². The minimum absolute atomic E-state index is 0.101. The van der Waals surface area contributed by atoms with E-state index in [-0.39, 0.29) is 28.8 Å². The summed E-state index contributed by atoms with van der Waals surface area (Å²) in [6.45, 7) is 1.13. The third kappa shape index (κ3) is 3.52. The van der Waals surface area contributed by atoms with Crippen LogP contribution in [0.25, 0.3) is 10.9 Å². The van der Waals surface area contributed by atoms with Crippen molar-refractivity contribution in [1.29, 1.82) is 5.26 Å². The second-order valence-electron chi connectivity index (χ2n) is 7.47. The topological polar surface area (TPSA) is 78.1 Å². The predicted molar refractivity (Wildman–Crippen MR) is 114 cm³/mol. The first kappa shape index (κ1) is 19.6. The van der Waals surface area contributed by atoms with Crippen LogP contribution < -0.4 is 15.8 Å². The summed E-state index contributed by atoms with van der Waals surface area (Å²) >= 11 is 0. The molecule has 0 saturated carbocycles. The molecule has 1 amide bonds. The molecule has 1 fully saturated rings. The Labute approximate surface area is 173 Å². The van der Waals surface area contributed by atoms with Gasteiger partial charge in [0.25, 0.3) is 5.56 Å². The van der Waals surface area contributed by atoms with Gasteiger partial charge >= 0.3 is 0 Å². The largest absolute Gasteiger partial charge is 0.370 e. The van der Waals surface area contributed by atoms with Crippen LogP contribution in [0.5, 0.6) is 0 Å². The van der Waals surface area contributed by atoms with Gasteiger partial charge in [0.1, 0.15) is 17.4 Å². The number of fused-ring (bicyclic) bond motifs is 1. The van der Waals surface area contributed by atoms with E-state index in [9.17, 15) is 19.2 Å². The molecule has 4 rings (SSSR count). The number of aromatic nitrogens is 1. The molecule has 0 atom stereocenters. The number of carbonyl (C=O) groups is 1. The number of benzene rings is 2. The lowest BCUT2D eigenvalue weighted by Crippen LogP contribution is -2.39. The third-order valence-corrected chi connectivity index (χ3v) is 5.68. The molecule has 0 unspecified atom stereocenters. The molecular weight excluding hydrogens is 383 g/mol. The van der Waals surface area contributed by atoms with Crippen LogP contribution >= 0.6 is 0 Å². The Hall–Kier alpha value is -3.66. The number of pyridine rings is 1. The number of carbonyl (C=O) groups excluding carboxylic acids is 1. The van der Waals surface area contributed by atoms with Crippen LogP contribution in [0, 0.1) is 23.1 Å². The lowest BCUT2D eigenvalue weighted by atomic mass is 9.94. The first-order valence-electron chi connectivity index (χ1n) is 9.83. The number of hydrogen-bond acceptors (Lipinski definition) is 4. The maximum Gasteiger partial charge on any atom is 0.270 e. The summed E-state index contributed by atoms with van der Waals surface area (Å²) in [6, 6.07) is 15.3. The zero-order valence-corrected chi connectivity index (χ0v) is 16.6. The summed E-state index contributed by atoms with van der Waals surface area (Å²) in [7, 11) is 1.67. The SMILES string of the molecule is Cn1c(=O)c(C#N)c(N2CCC(C(=O)Nc3ccc(F)cc3)CC2)c2ccccc21. The second kappa shape index (κ2) is 7.99. The Balaban J connectivity index is 1.56. The van der Waals surface area contributed by atoms with E-state index in [1.807, 2.05) is 29.2 Å². The first-order valence-corrected chi connectivity index (χ1v) is 9.83. The van der Waals surface area contributed by atoms with Crippen LogP contribution in [-0.4, -0.2) is 23.6 Å². The molecular formula is C23H21FN4O2. The second-order valence-corrected chi connectivity index (χ2v) is 7.47. The van der Waals surface area contributed by atoms with Gasteiger partial charge < -0.3 is 14.8 Å². The normalized spacial score (nSPS) is 14.5. The number of para-hydroxylation sites is 1. The molecule has 1 saturated heterocycles. The molecule has 7 heteroatoms. The van der Waals surface area contributed by atoms with Crippen LogP contribution in [0.4, 0.5) is 15.8 Å². The monoisotopic (exact) mass is 404 g/mol. The highest BCUT2D eigenvalue weighted by atomic mass is 19.1. The Bertz CT molecular complexity index is 1200. The van der Waals surface area contributed by atoms with Gasteiger partial charge in [-0.2, -0.15) is 5.26 Å². The lowest BCUT2D eigenvalue weighted by molar-refractivity contribution is -0.120. The Kier molecular flexibility index (Phi) is 5.23. The van der Waals surface area contributed by atoms with E-state index in [0.29, 0.717) is 37.3 Å². The number of aryl methyl sites for hydroxylation is 1. The summed E-state index contributed by atoms with van der Waals surface area (Å²) in [5.41, 5.74) is 1.79. The zero-order valence-electron chi connectivity index (χ0n) is 16.6. The molecule has 1 N–H and O–H groups in total. The fourth-order valence-electron chi connectivity index (χ4n) is 4.05. The van der Waals surface area contributed by atoms with Crippen molar-refractivity contribution < 1.29 is 9.18 Å². The number of piperidine rings is 1. The van der Waals surface area contributed by atoms with Gasteiger partial charge in [0, 0.05) is 37.1 Å². The van der Waals surface area contributed by atoms with Crippen molar-refractivity contribution in [3.05, 3.63) is 70.3 Å². The quantitative estimate of drug-likeness (QED) is 0.726. The predicted octanol–water partition coefficient (Wildman–Crippen LogP) is 3.40. The summed E-state index contributed by atoms with van der Waals surface area (Å²) in [4.78, 5) is 27.3. The molecule has 2 heterocycles. The number of anilines is 2. The molecule has 1 aromatic heterocycles. The van der Waals surface area contributed by atoms with E-state index in [1.165, 1.54) is 28.8 Å². The molecule has 0 bridgehead atoms. The molecule has 1 aliphatic heterocycles. The van der Waals surface area contributed by atoms with Gasteiger partial charge in [0.2, 0.25) is 5.91 Å². The minimum atomic E-state index is -0.351. The van der Waals surface area contributed by atoms with E-state index in [4.69, 9.17) is 0 Å². The molecule has 0 spiro atoms. The van der Waals surface area contributed by atoms with Gasteiger partial charge in [-0.3, -0.25) is 9.59 Å². The Morgan fingerprint density at radius 3 is 2.47 bits per heavy atom. The number of nitrogens with one attached hydrogen (secondary N) is 1. The van der Waals surface area contributed by atoms with E-state index < -0.39 is 0 Å². The molecule has 152 valence electrons. The van der Waals surface area contributed by atoms with Crippen LogP contribution in [0.3, 0.4) is 0 Å². The molecule has 30 heavy (non-hydrogen) atoms. The van der Waals surface area contributed by atoms with E-state index in [1.54, 1.807) is 7.05 Å². The zero-order chi connectivity index (χ0) is 21.3. The maximum absolute atomic E-state index is 13.0. The molecule has 0 radical (unpaired) electrons. The van der Waals surface area contributed by atoms with E-state index >= 15 is 0 Å². The number of nitrogens with zero attached hydrogens (tertiary/aromatic N) is 3. The fraction of sp³-hybridized carbons (Fsp3) is 0.261. The van der Waals surface area contributed by atoms with Crippen molar-refractivity contribution in [2.75, 3.05) is 23.3 Å². The summed E-state index contributed by atoms with van der Waals surface area (Å²) in [5, 5.41) is 13.3. The Morgan fingerprint density at radius 1 is 1.13 bits per heavy atom. The summed E-state index contributed by atoms with van der Waals surface area (Å²) in [5.74, 6) is -0.638. The fourth-order valence-corrected chi connectivity index (χ4v) is 4.05. The average molecular weight is 404 g/mol. The number of halogens is 1. The van der Waals surface area contributed by atoms with Gasteiger partial charge in [-0.25, -0.2) is 4.39 Å². The lowest BCUT2D eigenvalue weighted by Gasteiger charge is -2.34. The molecule has 0 aliphatic carbocycles. The summed E-state index contributed by atoms with van der Waals surface area (Å²) in [6.07, 6.45) is 1.20. The van der Waals surface area contributed by atoms with Crippen molar-refractivity contribution in [3.8, 4) is 6.07 Å². The van der Waals surface area contributed by atoms with E-state index in [0.717, 1.165) is 10.9 Å². The average Bonchev–Trinajstić information content (AvgIpc) is 2.77. The smallest absolute Gasteiger partial charge is 0.270 e. The Morgan fingerprint density at radius 2 is 1.80 bits per heavy atom. The van der Waals surface area contributed by atoms with Gasteiger partial charge in [-0.1, -0.05) is 18.2 Å².